The lowest BCUT2D eigenvalue weighted by Gasteiger charge is -2.11. The van der Waals surface area contributed by atoms with Crippen molar-refractivity contribution in [1.82, 2.24) is 5.43 Å². The summed E-state index contributed by atoms with van der Waals surface area (Å²) in [4.78, 5) is 12.1. The van der Waals surface area contributed by atoms with Crippen LogP contribution in [-0.4, -0.2) is 38.6 Å². The average Bonchev–Trinajstić information content (AvgIpc) is 2.62. The molecule has 1 amide bonds. The van der Waals surface area contributed by atoms with Gasteiger partial charge in [-0.2, -0.15) is 5.10 Å². The quantitative estimate of drug-likeness (QED) is 0.607. The minimum Gasteiger partial charge on any atom is -0.507 e. The molecule has 2 rings (SSSR count). The predicted octanol–water partition coefficient (Wildman–Crippen LogP) is 2.84. The van der Waals surface area contributed by atoms with E-state index >= 15 is 0 Å². The highest BCUT2D eigenvalue weighted by Gasteiger charge is 2.12. The molecule has 132 valence electrons. The number of carbonyl (C=O) groups is 1. The van der Waals surface area contributed by atoms with E-state index in [0.717, 1.165) is 0 Å². The second-order valence-corrected chi connectivity index (χ2v) is 5.25. The second-order valence-electron chi connectivity index (χ2n) is 4.81. The SMILES string of the molecule is COc1cc(OC)c(OC)cc1C=NNC(=O)c1cc(Cl)ccc1O. The molecule has 0 atom stereocenters. The van der Waals surface area contributed by atoms with Crippen LogP contribution in [0, 0.1) is 0 Å². The van der Waals surface area contributed by atoms with E-state index in [1.165, 1.54) is 45.7 Å². The van der Waals surface area contributed by atoms with Crippen LogP contribution < -0.4 is 19.6 Å². The lowest BCUT2D eigenvalue weighted by Crippen LogP contribution is -2.17. The zero-order valence-electron chi connectivity index (χ0n) is 13.9. The van der Waals surface area contributed by atoms with Crippen molar-refractivity contribution in [2.75, 3.05) is 21.3 Å². The van der Waals surface area contributed by atoms with Gasteiger partial charge in [-0.15, -0.1) is 0 Å². The third kappa shape index (κ3) is 4.33. The lowest BCUT2D eigenvalue weighted by atomic mass is 10.2. The van der Waals surface area contributed by atoms with Gasteiger partial charge in [0.15, 0.2) is 11.5 Å². The number of phenols is 1. The first kappa shape index (κ1) is 18.4. The number of carbonyl (C=O) groups excluding carboxylic acids is 1. The number of aromatic hydroxyl groups is 1. The van der Waals surface area contributed by atoms with Gasteiger partial charge in [0, 0.05) is 16.7 Å². The van der Waals surface area contributed by atoms with Crippen LogP contribution in [0.3, 0.4) is 0 Å². The maximum absolute atomic E-state index is 12.1. The van der Waals surface area contributed by atoms with Gasteiger partial charge in [0.05, 0.1) is 33.1 Å². The van der Waals surface area contributed by atoms with E-state index < -0.39 is 5.91 Å². The van der Waals surface area contributed by atoms with Gasteiger partial charge in [0.25, 0.3) is 5.91 Å². The Morgan fingerprint density at radius 1 is 1.08 bits per heavy atom. The van der Waals surface area contributed by atoms with Crippen LogP contribution in [0.15, 0.2) is 35.4 Å². The van der Waals surface area contributed by atoms with Crippen molar-refractivity contribution < 1.29 is 24.1 Å². The Hall–Kier alpha value is -2.93. The molecule has 0 aliphatic rings. The molecule has 2 aromatic rings. The summed E-state index contributed by atoms with van der Waals surface area (Å²) in [5.74, 6) is 0.686. The van der Waals surface area contributed by atoms with Gasteiger partial charge >= 0.3 is 0 Å². The van der Waals surface area contributed by atoms with E-state index in [-0.39, 0.29) is 11.3 Å². The Balaban J connectivity index is 2.21. The summed E-state index contributed by atoms with van der Waals surface area (Å²) in [6.07, 6.45) is 1.39. The lowest BCUT2D eigenvalue weighted by molar-refractivity contribution is 0.0952. The van der Waals surface area contributed by atoms with E-state index in [9.17, 15) is 9.90 Å². The Bertz CT molecular complexity index is 808. The molecule has 0 unspecified atom stereocenters. The fourth-order valence-corrected chi connectivity index (χ4v) is 2.24. The standard InChI is InChI=1S/C17H17ClN2O5/c1-23-14-8-16(25-3)15(24-2)6-10(14)9-19-20-17(22)12-7-11(18)4-5-13(12)21/h4-9,21H,1-3H3,(H,20,22). The van der Waals surface area contributed by atoms with Crippen LogP contribution in [0.25, 0.3) is 0 Å². The first-order chi connectivity index (χ1) is 12.0. The number of halogens is 1. The number of benzene rings is 2. The fraction of sp³-hybridized carbons (Fsp3) is 0.176. The minimum atomic E-state index is -0.601. The van der Waals surface area contributed by atoms with Gasteiger partial charge in [-0.1, -0.05) is 11.6 Å². The number of phenolic OH excluding ortho intramolecular Hbond substituents is 1. The minimum absolute atomic E-state index is 0.0175. The molecule has 0 bridgehead atoms. The number of hydrogen-bond donors (Lipinski definition) is 2. The number of nitrogens with zero attached hydrogens (tertiary/aromatic N) is 1. The molecule has 0 aliphatic carbocycles. The van der Waals surface area contributed by atoms with Crippen LogP contribution >= 0.6 is 11.6 Å². The second kappa shape index (κ2) is 8.25. The normalized spacial score (nSPS) is 10.6. The van der Waals surface area contributed by atoms with Crippen molar-refractivity contribution in [3.8, 4) is 23.0 Å². The Kier molecular flexibility index (Phi) is 6.08. The maximum atomic E-state index is 12.1. The van der Waals surface area contributed by atoms with Crippen molar-refractivity contribution in [1.29, 1.82) is 0 Å². The third-order valence-corrected chi connectivity index (χ3v) is 3.54. The van der Waals surface area contributed by atoms with Gasteiger partial charge in [-0.05, 0) is 24.3 Å². The Morgan fingerprint density at radius 3 is 2.36 bits per heavy atom. The van der Waals surface area contributed by atoms with Gasteiger partial charge in [-0.25, -0.2) is 5.43 Å². The average molecular weight is 365 g/mol. The summed E-state index contributed by atoms with van der Waals surface area (Å²) in [6.45, 7) is 0. The van der Waals surface area contributed by atoms with Gasteiger partial charge in [0.1, 0.15) is 11.5 Å². The van der Waals surface area contributed by atoms with Crippen LogP contribution in [0.2, 0.25) is 5.02 Å². The van der Waals surface area contributed by atoms with E-state index in [0.29, 0.717) is 27.8 Å². The third-order valence-electron chi connectivity index (χ3n) is 3.31. The molecule has 25 heavy (non-hydrogen) atoms. The molecular formula is C17H17ClN2O5. The molecule has 7 nitrogen and oxygen atoms in total. The molecule has 0 radical (unpaired) electrons. The number of hydrazone groups is 1. The van der Waals surface area contributed by atoms with Crippen LogP contribution in [-0.2, 0) is 0 Å². The first-order valence-corrected chi connectivity index (χ1v) is 7.50. The van der Waals surface area contributed by atoms with Gasteiger partial charge in [-0.3, -0.25) is 4.79 Å². The Labute approximate surface area is 149 Å². The summed E-state index contributed by atoms with van der Waals surface area (Å²) in [5, 5.41) is 13.9. The zero-order chi connectivity index (χ0) is 18.4. The summed E-state index contributed by atoms with van der Waals surface area (Å²) < 4.78 is 15.7. The summed E-state index contributed by atoms with van der Waals surface area (Å²) in [6, 6.07) is 7.46. The molecule has 8 heteroatoms. The van der Waals surface area contributed by atoms with Crippen molar-refractivity contribution in [3.63, 3.8) is 0 Å². The number of hydrogen-bond acceptors (Lipinski definition) is 6. The van der Waals surface area contributed by atoms with Crippen molar-refractivity contribution in [2.24, 2.45) is 5.10 Å². The van der Waals surface area contributed by atoms with Crippen LogP contribution in [0.5, 0.6) is 23.0 Å². The highest BCUT2D eigenvalue weighted by molar-refractivity contribution is 6.31. The van der Waals surface area contributed by atoms with Crippen molar-refractivity contribution >= 4 is 23.7 Å². The molecule has 2 N–H and O–H groups in total. The zero-order valence-corrected chi connectivity index (χ0v) is 14.6. The molecule has 0 aliphatic heterocycles. The van der Waals surface area contributed by atoms with Crippen molar-refractivity contribution in [2.45, 2.75) is 0 Å². The van der Waals surface area contributed by atoms with E-state index in [1.54, 1.807) is 12.1 Å². The molecule has 0 heterocycles. The number of nitrogens with one attached hydrogen (secondary N) is 1. The predicted molar refractivity (Wildman–Crippen MR) is 94.3 cm³/mol. The molecule has 2 aromatic carbocycles. The van der Waals surface area contributed by atoms with Gasteiger partial charge in [0.2, 0.25) is 0 Å². The summed E-state index contributed by atoms with van der Waals surface area (Å²) in [7, 11) is 4.53. The summed E-state index contributed by atoms with van der Waals surface area (Å²) in [5.41, 5.74) is 2.90. The van der Waals surface area contributed by atoms with Gasteiger partial charge < -0.3 is 19.3 Å². The van der Waals surface area contributed by atoms with E-state index in [1.807, 2.05) is 0 Å². The molecular weight excluding hydrogens is 348 g/mol. The highest BCUT2D eigenvalue weighted by atomic mass is 35.5. The van der Waals surface area contributed by atoms with Crippen molar-refractivity contribution in [3.05, 3.63) is 46.5 Å². The molecule has 0 spiro atoms. The Morgan fingerprint density at radius 2 is 1.72 bits per heavy atom. The van der Waals surface area contributed by atoms with Crippen LogP contribution in [0.1, 0.15) is 15.9 Å². The number of methoxy groups -OCH3 is 3. The number of ether oxygens (including phenoxy) is 3. The smallest absolute Gasteiger partial charge is 0.275 e. The van der Waals surface area contributed by atoms with E-state index in [4.69, 9.17) is 25.8 Å². The number of rotatable bonds is 6. The fourth-order valence-electron chi connectivity index (χ4n) is 2.06. The molecule has 0 fully saturated rings. The maximum Gasteiger partial charge on any atom is 0.275 e. The first-order valence-electron chi connectivity index (χ1n) is 7.12. The monoisotopic (exact) mass is 364 g/mol. The highest BCUT2D eigenvalue weighted by Crippen LogP contribution is 2.33. The molecule has 0 saturated heterocycles. The van der Waals surface area contributed by atoms with E-state index in [2.05, 4.69) is 10.5 Å². The summed E-state index contributed by atoms with van der Waals surface area (Å²) >= 11 is 5.82. The topological polar surface area (TPSA) is 89.4 Å². The largest absolute Gasteiger partial charge is 0.507 e. The number of amides is 1. The molecule has 0 aromatic heterocycles. The molecule has 0 saturated carbocycles. The van der Waals surface area contributed by atoms with Crippen LogP contribution in [0.4, 0.5) is 0 Å².